The number of anilines is 1. The smallest absolute Gasteiger partial charge is 0.263 e. The fraction of sp³-hybridized carbons (Fsp3) is 0.111. The van der Waals surface area contributed by atoms with Gasteiger partial charge in [-0.15, -0.1) is 24.0 Å². The van der Waals surface area contributed by atoms with Crippen LogP contribution in [0.25, 0.3) is 10.1 Å². The van der Waals surface area contributed by atoms with E-state index in [0.717, 1.165) is 4.70 Å². The summed E-state index contributed by atoms with van der Waals surface area (Å²) in [4.78, 5) is 0.590. The van der Waals surface area contributed by atoms with Gasteiger partial charge in [-0.2, -0.15) is 0 Å². The molecule has 0 spiro atoms. The molecule has 14 heavy (non-hydrogen) atoms. The van der Waals surface area contributed by atoms with Gasteiger partial charge in [0.05, 0.1) is 0 Å². The Labute approximate surface area is 88.9 Å². The Morgan fingerprint density at radius 2 is 2.07 bits per heavy atom. The molecule has 0 radical (unpaired) electrons. The van der Waals surface area contributed by atoms with Crippen LogP contribution >= 0.6 is 24.0 Å². The van der Waals surface area contributed by atoms with E-state index in [0.29, 0.717) is 15.3 Å². The Balaban J connectivity index is 2.69. The lowest BCUT2D eigenvalue weighted by atomic mass is 10.2. The average Bonchev–Trinajstić information content (AvgIpc) is 2.43. The Morgan fingerprint density at radius 3 is 2.71 bits per heavy atom. The summed E-state index contributed by atoms with van der Waals surface area (Å²) in [6, 6.07) is 4.50. The van der Waals surface area contributed by atoms with Crippen LogP contribution in [0.5, 0.6) is 0 Å². The summed E-state index contributed by atoms with van der Waals surface area (Å²) in [5.74, 6) is 0. The average molecular weight is 231 g/mol. The second-order valence-electron chi connectivity index (χ2n) is 2.87. The molecule has 0 aliphatic carbocycles. The summed E-state index contributed by atoms with van der Waals surface area (Å²) in [5, 5.41) is 1.27. The molecule has 74 valence electrons. The number of thiol groups is 1. The first-order chi connectivity index (χ1) is 6.59. The van der Waals surface area contributed by atoms with Crippen molar-refractivity contribution >= 4 is 39.1 Å². The molecule has 1 aromatic heterocycles. The van der Waals surface area contributed by atoms with Crippen molar-refractivity contribution in [2.45, 2.75) is 11.3 Å². The highest BCUT2D eigenvalue weighted by molar-refractivity contribution is 7.81. The summed E-state index contributed by atoms with van der Waals surface area (Å²) in [5.41, 5.74) is 5.64. The van der Waals surface area contributed by atoms with E-state index in [1.807, 2.05) is 0 Å². The van der Waals surface area contributed by atoms with Crippen molar-refractivity contribution in [1.82, 2.24) is 0 Å². The second-order valence-corrected chi connectivity index (χ2v) is 4.40. The number of halogens is 2. The zero-order chi connectivity index (χ0) is 10.3. The number of thiophene rings is 1. The van der Waals surface area contributed by atoms with Crippen LogP contribution in [0, 0.1) is 0 Å². The van der Waals surface area contributed by atoms with Gasteiger partial charge in [-0.3, -0.25) is 0 Å². The lowest BCUT2D eigenvalue weighted by molar-refractivity contribution is 0.151. The molecule has 1 heterocycles. The van der Waals surface area contributed by atoms with Crippen molar-refractivity contribution in [2.24, 2.45) is 0 Å². The van der Waals surface area contributed by atoms with E-state index in [-0.39, 0.29) is 5.56 Å². The summed E-state index contributed by atoms with van der Waals surface area (Å²) >= 11 is 5.53. The molecule has 5 heteroatoms. The normalized spacial score (nSPS) is 11.4. The number of hydrogen-bond acceptors (Lipinski definition) is 3. The van der Waals surface area contributed by atoms with Gasteiger partial charge in [-0.05, 0) is 12.1 Å². The maximum Gasteiger partial charge on any atom is 0.263 e. The number of nitrogens with two attached hydrogens (primary N) is 1. The van der Waals surface area contributed by atoms with Crippen LogP contribution in [0.2, 0.25) is 0 Å². The Bertz CT molecular complexity index is 479. The standard InChI is InChI=1S/C9H7F2NS2/c10-8(11)4-1-2-6-5(3-4)7(13)9(12)14-6/h1-3,8,13H,12H2. The molecule has 0 aliphatic heterocycles. The molecule has 0 saturated heterocycles. The van der Waals surface area contributed by atoms with Crippen molar-refractivity contribution in [3.63, 3.8) is 0 Å². The highest BCUT2D eigenvalue weighted by Gasteiger charge is 2.11. The highest BCUT2D eigenvalue weighted by Crippen LogP contribution is 2.37. The van der Waals surface area contributed by atoms with Crippen LogP contribution in [-0.4, -0.2) is 0 Å². The summed E-state index contributed by atoms with van der Waals surface area (Å²) in [6.07, 6.45) is -2.45. The van der Waals surface area contributed by atoms with Crippen molar-refractivity contribution < 1.29 is 8.78 Å². The van der Waals surface area contributed by atoms with E-state index in [4.69, 9.17) is 5.73 Å². The van der Waals surface area contributed by atoms with Gasteiger partial charge >= 0.3 is 0 Å². The van der Waals surface area contributed by atoms with Crippen molar-refractivity contribution in [1.29, 1.82) is 0 Å². The summed E-state index contributed by atoms with van der Waals surface area (Å²) in [7, 11) is 0. The highest BCUT2D eigenvalue weighted by atomic mass is 32.1. The fourth-order valence-electron chi connectivity index (χ4n) is 1.26. The quantitative estimate of drug-likeness (QED) is 0.719. The predicted octanol–water partition coefficient (Wildman–Crippen LogP) is 3.71. The van der Waals surface area contributed by atoms with Crippen molar-refractivity contribution in [2.75, 3.05) is 5.73 Å². The molecule has 0 amide bonds. The maximum absolute atomic E-state index is 12.4. The molecular weight excluding hydrogens is 224 g/mol. The Hall–Kier alpha value is -0.810. The largest absolute Gasteiger partial charge is 0.390 e. The molecule has 2 N–H and O–H groups in total. The number of nitrogen functional groups attached to an aromatic ring is 1. The summed E-state index contributed by atoms with van der Waals surface area (Å²) < 4.78 is 25.6. The van der Waals surface area contributed by atoms with Gasteiger partial charge in [-0.1, -0.05) is 6.07 Å². The van der Waals surface area contributed by atoms with Gasteiger partial charge in [0.15, 0.2) is 0 Å². The lowest BCUT2D eigenvalue weighted by Gasteiger charge is -1.99. The SMILES string of the molecule is Nc1sc2ccc(C(F)F)cc2c1S. The molecule has 0 saturated carbocycles. The van der Waals surface area contributed by atoms with Gasteiger partial charge in [0.2, 0.25) is 0 Å². The van der Waals surface area contributed by atoms with E-state index >= 15 is 0 Å². The fourth-order valence-corrected chi connectivity index (χ4v) is 2.51. The van der Waals surface area contributed by atoms with Crippen LogP contribution in [0.1, 0.15) is 12.0 Å². The van der Waals surface area contributed by atoms with Gasteiger partial charge < -0.3 is 5.73 Å². The number of rotatable bonds is 1. The number of alkyl halides is 2. The Morgan fingerprint density at radius 1 is 1.36 bits per heavy atom. The van der Waals surface area contributed by atoms with E-state index in [1.165, 1.54) is 23.5 Å². The first-order valence-electron chi connectivity index (χ1n) is 3.88. The number of benzene rings is 1. The molecule has 2 aromatic rings. The minimum absolute atomic E-state index is 0.00519. The van der Waals surface area contributed by atoms with Gasteiger partial charge in [0, 0.05) is 20.5 Å². The molecule has 0 atom stereocenters. The molecule has 1 nitrogen and oxygen atoms in total. The molecule has 0 aliphatic rings. The van der Waals surface area contributed by atoms with Crippen molar-refractivity contribution in [3.8, 4) is 0 Å². The first kappa shape index (κ1) is 9.73. The van der Waals surface area contributed by atoms with E-state index in [9.17, 15) is 8.78 Å². The number of hydrogen-bond donors (Lipinski definition) is 2. The zero-order valence-corrected chi connectivity index (χ0v) is 8.71. The van der Waals surface area contributed by atoms with Gasteiger partial charge in [-0.25, -0.2) is 8.78 Å². The second kappa shape index (κ2) is 3.40. The molecule has 0 bridgehead atoms. The van der Waals surface area contributed by atoms with Crippen LogP contribution in [0.15, 0.2) is 23.1 Å². The van der Waals surface area contributed by atoms with Crippen LogP contribution in [0.4, 0.5) is 13.8 Å². The molecule has 0 fully saturated rings. The van der Waals surface area contributed by atoms with E-state index in [1.54, 1.807) is 6.07 Å². The van der Waals surface area contributed by atoms with E-state index < -0.39 is 6.43 Å². The molecular formula is C9H7F2NS2. The zero-order valence-electron chi connectivity index (χ0n) is 7.00. The monoisotopic (exact) mass is 231 g/mol. The van der Waals surface area contributed by atoms with E-state index in [2.05, 4.69) is 12.6 Å². The van der Waals surface area contributed by atoms with Crippen molar-refractivity contribution in [3.05, 3.63) is 23.8 Å². The van der Waals surface area contributed by atoms with Crippen LogP contribution < -0.4 is 5.73 Å². The molecule has 1 aromatic carbocycles. The molecule has 2 rings (SSSR count). The van der Waals surface area contributed by atoms with Crippen LogP contribution in [-0.2, 0) is 0 Å². The predicted molar refractivity (Wildman–Crippen MR) is 58.4 cm³/mol. The molecule has 0 unspecified atom stereocenters. The first-order valence-corrected chi connectivity index (χ1v) is 5.15. The minimum atomic E-state index is -2.45. The maximum atomic E-state index is 12.4. The van der Waals surface area contributed by atoms with Gasteiger partial charge in [0.1, 0.15) is 5.00 Å². The minimum Gasteiger partial charge on any atom is -0.390 e. The summed E-state index contributed by atoms with van der Waals surface area (Å²) in [6.45, 7) is 0. The topological polar surface area (TPSA) is 26.0 Å². The van der Waals surface area contributed by atoms with Crippen LogP contribution in [0.3, 0.4) is 0 Å². The third-order valence-corrected chi connectivity index (χ3v) is 3.60. The lowest BCUT2D eigenvalue weighted by Crippen LogP contribution is -1.82. The third kappa shape index (κ3) is 1.46. The number of fused-ring (bicyclic) bond motifs is 1. The third-order valence-electron chi connectivity index (χ3n) is 1.96. The Kier molecular flexibility index (Phi) is 2.36. The van der Waals surface area contributed by atoms with Gasteiger partial charge in [0.25, 0.3) is 6.43 Å².